The Bertz CT molecular complexity index is 652. The maximum atomic E-state index is 12.5. The van der Waals surface area contributed by atoms with Crippen LogP contribution in [0.15, 0.2) is 60.7 Å². The van der Waals surface area contributed by atoms with Gasteiger partial charge in [-0.15, -0.1) is 0 Å². The van der Waals surface area contributed by atoms with Crippen molar-refractivity contribution in [1.29, 1.82) is 0 Å². The molecule has 0 amide bonds. The molecular weight excluding hydrogens is 276 g/mol. The van der Waals surface area contributed by atoms with Crippen molar-refractivity contribution in [2.45, 2.75) is 12.5 Å². The Balaban J connectivity index is 2.14. The molecular formula is C19H18O3. The van der Waals surface area contributed by atoms with Gasteiger partial charge in [0.05, 0.1) is 7.11 Å². The second-order valence-corrected chi connectivity index (χ2v) is 5.09. The van der Waals surface area contributed by atoms with Gasteiger partial charge in [0.25, 0.3) is 0 Å². The van der Waals surface area contributed by atoms with Gasteiger partial charge in [-0.3, -0.25) is 0 Å². The molecule has 3 heteroatoms. The van der Waals surface area contributed by atoms with E-state index in [1.165, 1.54) is 7.11 Å². The van der Waals surface area contributed by atoms with Gasteiger partial charge in [0.15, 0.2) is 0 Å². The van der Waals surface area contributed by atoms with Gasteiger partial charge in [-0.05, 0) is 18.1 Å². The smallest absolute Gasteiger partial charge is 0.347 e. The highest BCUT2D eigenvalue weighted by Gasteiger charge is 2.62. The molecule has 0 heterocycles. The van der Waals surface area contributed by atoms with Gasteiger partial charge in [-0.1, -0.05) is 60.7 Å². The van der Waals surface area contributed by atoms with E-state index in [-0.39, 0.29) is 5.97 Å². The molecule has 0 unspecified atom stereocenters. The molecule has 1 aliphatic carbocycles. The van der Waals surface area contributed by atoms with Crippen LogP contribution in [0.4, 0.5) is 0 Å². The Kier molecular flexibility index (Phi) is 3.82. The molecule has 1 aliphatic rings. The zero-order chi connectivity index (χ0) is 15.6. The largest absolute Gasteiger partial charge is 0.466 e. The molecule has 0 radical (unpaired) electrons. The molecule has 0 aromatic heterocycles. The summed E-state index contributed by atoms with van der Waals surface area (Å²) in [5.41, 5.74) is 2.69. The third-order valence-corrected chi connectivity index (χ3v) is 3.85. The molecule has 3 rings (SSSR count). The number of hydrogen-bond donors (Lipinski definition) is 0. The van der Waals surface area contributed by atoms with Crippen LogP contribution in [0, 0.1) is 0 Å². The van der Waals surface area contributed by atoms with Crippen LogP contribution in [-0.2, 0) is 14.3 Å². The molecule has 0 bridgehead atoms. The van der Waals surface area contributed by atoms with Crippen LogP contribution in [0.1, 0.15) is 18.1 Å². The fraction of sp³-hybridized carbons (Fsp3) is 0.211. The van der Waals surface area contributed by atoms with Gasteiger partial charge in [0.2, 0.25) is 5.60 Å². The van der Waals surface area contributed by atoms with E-state index < -0.39 is 5.60 Å². The quantitative estimate of drug-likeness (QED) is 0.791. The number of ether oxygens (including phenoxy) is 2. The summed E-state index contributed by atoms with van der Waals surface area (Å²) in [7, 11) is 1.40. The molecule has 112 valence electrons. The van der Waals surface area contributed by atoms with E-state index in [0.29, 0.717) is 6.61 Å². The van der Waals surface area contributed by atoms with E-state index in [9.17, 15) is 4.79 Å². The average molecular weight is 294 g/mol. The van der Waals surface area contributed by atoms with E-state index in [4.69, 9.17) is 9.47 Å². The normalized spacial score (nSPS) is 15.5. The molecule has 0 saturated carbocycles. The van der Waals surface area contributed by atoms with Gasteiger partial charge >= 0.3 is 5.97 Å². The first-order chi connectivity index (χ1) is 10.8. The first-order valence-corrected chi connectivity index (χ1v) is 7.34. The zero-order valence-corrected chi connectivity index (χ0v) is 12.7. The lowest BCUT2D eigenvalue weighted by atomic mass is 10.1. The Morgan fingerprint density at radius 2 is 1.36 bits per heavy atom. The Labute approximate surface area is 130 Å². The first-order valence-electron chi connectivity index (χ1n) is 7.34. The summed E-state index contributed by atoms with van der Waals surface area (Å²) < 4.78 is 10.9. The highest BCUT2D eigenvalue weighted by Crippen LogP contribution is 2.59. The summed E-state index contributed by atoms with van der Waals surface area (Å²) in [6, 6.07) is 19.7. The molecule has 0 spiro atoms. The monoisotopic (exact) mass is 294 g/mol. The summed E-state index contributed by atoms with van der Waals surface area (Å²) in [5, 5.41) is 0. The fourth-order valence-electron chi connectivity index (χ4n) is 2.94. The van der Waals surface area contributed by atoms with E-state index in [1.807, 2.05) is 67.6 Å². The maximum Gasteiger partial charge on any atom is 0.347 e. The number of carbonyl (C=O) groups excluding carboxylic acids is 1. The first kappa shape index (κ1) is 14.5. The second-order valence-electron chi connectivity index (χ2n) is 5.09. The number of esters is 1. The van der Waals surface area contributed by atoms with Crippen molar-refractivity contribution in [1.82, 2.24) is 0 Å². The van der Waals surface area contributed by atoms with Crippen LogP contribution in [-0.4, -0.2) is 25.3 Å². The van der Waals surface area contributed by atoms with Crippen LogP contribution in [0.3, 0.4) is 0 Å². The predicted octanol–water partition coefficient (Wildman–Crippen LogP) is 3.56. The predicted molar refractivity (Wildman–Crippen MR) is 86.1 cm³/mol. The Morgan fingerprint density at radius 3 is 1.73 bits per heavy atom. The van der Waals surface area contributed by atoms with Crippen molar-refractivity contribution in [3.63, 3.8) is 0 Å². The molecule has 0 N–H and O–H groups in total. The molecule has 2 aromatic carbocycles. The summed E-state index contributed by atoms with van der Waals surface area (Å²) >= 11 is 0. The lowest BCUT2D eigenvalue weighted by Gasteiger charge is -2.18. The van der Waals surface area contributed by atoms with Crippen molar-refractivity contribution in [3.8, 4) is 0 Å². The summed E-state index contributed by atoms with van der Waals surface area (Å²) in [6.07, 6.45) is 0. The molecule has 0 saturated heterocycles. The number of rotatable bonds is 5. The maximum absolute atomic E-state index is 12.5. The van der Waals surface area contributed by atoms with Gasteiger partial charge in [0, 0.05) is 17.8 Å². The minimum absolute atomic E-state index is 0.368. The van der Waals surface area contributed by atoms with Crippen molar-refractivity contribution in [3.05, 3.63) is 71.8 Å². The van der Waals surface area contributed by atoms with Crippen molar-refractivity contribution in [2.24, 2.45) is 0 Å². The SMILES string of the molecule is CCOC1(C(=O)OC)C(c2ccccc2)=C1c1ccccc1. The van der Waals surface area contributed by atoms with Crippen LogP contribution in [0.25, 0.3) is 11.1 Å². The molecule has 3 nitrogen and oxygen atoms in total. The second kappa shape index (κ2) is 5.78. The van der Waals surface area contributed by atoms with Crippen LogP contribution in [0.2, 0.25) is 0 Å². The van der Waals surface area contributed by atoms with Crippen LogP contribution < -0.4 is 0 Å². The Hall–Kier alpha value is -2.39. The lowest BCUT2D eigenvalue weighted by molar-refractivity contribution is -0.153. The highest BCUT2D eigenvalue weighted by molar-refractivity contribution is 6.30. The van der Waals surface area contributed by atoms with Crippen molar-refractivity contribution in [2.75, 3.05) is 13.7 Å². The molecule has 2 aromatic rings. The van der Waals surface area contributed by atoms with Gasteiger partial charge in [-0.25, -0.2) is 4.79 Å². The Morgan fingerprint density at radius 1 is 0.909 bits per heavy atom. The summed E-state index contributed by atoms with van der Waals surface area (Å²) in [6.45, 7) is 2.32. The minimum atomic E-state index is -1.08. The highest BCUT2D eigenvalue weighted by atomic mass is 16.6. The fourth-order valence-corrected chi connectivity index (χ4v) is 2.94. The lowest BCUT2D eigenvalue weighted by Crippen LogP contribution is -2.32. The topological polar surface area (TPSA) is 35.5 Å². The zero-order valence-electron chi connectivity index (χ0n) is 12.7. The van der Waals surface area contributed by atoms with E-state index in [0.717, 1.165) is 22.3 Å². The van der Waals surface area contributed by atoms with E-state index in [2.05, 4.69) is 0 Å². The molecule has 0 atom stereocenters. The summed E-state index contributed by atoms with van der Waals surface area (Å²) in [5.74, 6) is -0.368. The number of methoxy groups -OCH3 is 1. The van der Waals surface area contributed by atoms with E-state index in [1.54, 1.807) is 0 Å². The molecule has 0 fully saturated rings. The van der Waals surface area contributed by atoms with Gasteiger partial charge < -0.3 is 9.47 Å². The van der Waals surface area contributed by atoms with Gasteiger partial charge in [0.1, 0.15) is 0 Å². The average Bonchev–Trinajstić information content (AvgIpc) is 3.26. The standard InChI is InChI=1S/C19H18O3/c1-3-22-19(18(20)21-2)16(14-10-6-4-7-11-14)17(19)15-12-8-5-9-13-15/h4-13H,3H2,1-2H3. The van der Waals surface area contributed by atoms with Crippen molar-refractivity contribution < 1.29 is 14.3 Å². The van der Waals surface area contributed by atoms with Crippen molar-refractivity contribution >= 4 is 17.1 Å². The van der Waals surface area contributed by atoms with Crippen LogP contribution >= 0.6 is 0 Å². The third kappa shape index (κ3) is 2.14. The summed E-state index contributed by atoms with van der Waals surface area (Å²) in [4.78, 5) is 12.5. The van der Waals surface area contributed by atoms with Crippen LogP contribution in [0.5, 0.6) is 0 Å². The third-order valence-electron chi connectivity index (χ3n) is 3.85. The van der Waals surface area contributed by atoms with Gasteiger partial charge in [-0.2, -0.15) is 0 Å². The molecule has 0 aliphatic heterocycles. The number of benzene rings is 2. The minimum Gasteiger partial charge on any atom is -0.466 e. The molecule has 22 heavy (non-hydrogen) atoms. The number of hydrogen-bond acceptors (Lipinski definition) is 3. The number of carbonyl (C=O) groups is 1. The van der Waals surface area contributed by atoms with E-state index >= 15 is 0 Å².